The molecule has 7 heteroatoms. The molecule has 0 aliphatic heterocycles. The van der Waals surface area contributed by atoms with E-state index < -0.39 is 11.6 Å². The Morgan fingerprint density at radius 1 is 0.919 bits per heavy atom. The van der Waals surface area contributed by atoms with Crippen LogP contribution in [-0.4, -0.2) is 34.9 Å². The topological polar surface area (TPSA) is 58.6 Å². The molecule has 3 aromatic carbocycles. The fourth-order valence-corrected chi connectivity index (χ4v) is 4.27. The number of amides is 2. The lowest BCUT2D eigenvalue weighted by atomic mass is 10.0. The van der Waals surface area contributed by atoms with E-state index in [-0.39, 0.29) is 25.0 Å². The summed E-state index contributed by atoms with van der Waals surface area (Å²) in [4.78, 5) is 28.9. The largest absolute Gasteiger partial charge is 0.483 e. The molecule has 0 fully saturated rings. The lowest BCUT2D eigenvalue weighted by Gasteiger charge is -2.34. The predicted molar refractivity (Wildman–Crippen MR) is 150 cm³/mol. The quantitative estimate of drug-likeness (QED) is 0.335. The first-order valence-electron chi connectivity index (χ1n) is 12.2. The lowest BCUT2D eigenvalue weighted by molar-refractivity contribution is -0.143. The van der Waals surface area contributed by atoms with Crippen LogP contribution in [0.25, 0.3) is 0 Å². The number of hydrogen-bond acceptors (Lipinski definition) is 3. The van der Waals surface area contributed by atoms with E-state index in [4.69, 9.17) is 27.9 Å². The molecule has 0 radical (unpaired) electrons. The van der Waals surface area contributed by atoms with E-state index in [1.165, 1.54) is 0 Å². The number of nitrogens with one attached hydrogen (secondary N) is 1. The molecule has 37 heavy (non-hydrogen) atoms. The lowest BCUT2D eigenvalue weighted by Crippen LogP contribution is -2.55. The molecule has 1 atom stereocenters. The average molecular weight is 542 g/mol. The molecule has 0 aliphatic carbocycles. The Labute approximate surface area is 229 Å². The van der Waals surface area contributed by atoms with E-state index in [9.17, 15) is 9.59 Å². The number of carbonyl (C=O) groups excluding carboxylic acids is 2. The van der Waals surface area contributed by atoms with E-state index in [0.29, 0.717) is 22.2 Å². The van der Waals surface area contributed by atoms with Crippen LogP contribution in [-0.2, 0) is 22.6 Å². The second-order valence-electron chi connectivity index (χ2n) is 10.2. The van der Waals surface area contributed by atoms with Gasteiger partial charge in [-0.15, -0.1) is 0 Å². The molecule has 3 rings (SSSR count). The zero-order valence-corrected chi connectivity index (χ0v) is 23.5. The van der Waals surface area contributed by atoms with Gasteiger partial charge in [-0.05, 0) is 75.1 Å². The SMILES string of the molecule is Cc1cccc(OCC(=O)N(Cc2ccc(Cl)c(Cl)c2)[C@@H](Cc2ccccc2)C(=O)NC(C)(C)C)c1C. The summed E-state index contributed by atoms with van der Waals surface area (Å²) in [6.07, 6.45) is 0.347. The highest BCUT2D eigenvalue weighted by Gasteiger charge is 2.32. The van der Waals surface area contributed by atoms with Gasteiger partial charge >= 0.3 is 0 Å². The van der Waals surface area contributed by atoms with Crippen molar-refractivity contribution in [2.45, 2.75) is 59.2 Å². The van der Waals surface area contributed by atoms with Gasteiger partial charge in [0.1, 0.15) is 11.8 Å². The molecule has 0 heterocycles. The third-order valence-electron chi connectivity index (χ3n) is 6.01. The maximum atomic E-state index is 13.7. The number of aryl methyl sites for hydroxylation is 1. The molecule has 0 saturated heterocycles. The minimum atomic E-state index is -0.772. The van der Waals surface area contributed by atoms with Gasteiger partial charge in [-0.2, -0.15) is 0 Å². The van der Waals surface area contributed by atoms with Gasteiger partial charge in [-0.3, -0.25) is 9.59 Å². The molecule has 0 bridgehead atoms. The zero-order valence-electron chi connectivity index (χ0n) is 22.0. The van der Waals surface area contributed by atoms with Gasteiger partial charge in [0, 0.05) is 18.5 Å². The Morgan fingerprint density at radius 3 is 2.27 bits per heavy atom. The van der Waals surface area contributed by atoms with Crippen LogP contribution < -0.4 is 10.1 Å². The van der Waals surface area contributed by atoms with Crippen molar-refractivity contribution in [2.24, 2.45) is 0 Å². The smallest absolute Gasteiger partial charge is 0.261 e. The summed E-state index contributed by atoms with van der Waals surface area (Å²) in [7, 11) is 0. The Morgan fingerprint density at radius 2 is 1.62 bits per heavy atom. The Bertz CT molecular complexity index is 1240. The van der Waals surface area contributed by atoms with Gasteiger partial charge in [0.05, 0.1) is 10.0 Å². The fraction of sp³-hybridized carbons (Fsp3) is 0.333. The summed E-state index contributed by atoms with van der Waals surface area (Å²) in [5.74, 6) is 0.0926. The van der Waals surface area contributed by atoms with Crippen molar-refractivity contribution >= 4 is 35.0 Å². The summed E-state index contributed by atoms with van der Waals surface area (Å²) >= 11 is 12.4. The molecule has 0 saturated carbocycles. The number of halogens is 2. The highest BCUT2D eigenvalue weighted by atomic mass is 35.5. The van der Waals surface area contributed by atoms with Crippen LogP contribution in [0.2, 0.25) is 10.0 Å². The highest BCUT2D eigenvalue weighted by molar-refractivity contribution is 6.42. The number of ether oxygens (including phenoxy) is 1. The monoisotopic (exact) mass is 540 g/mol. The molecule has 2 amide bonds. The first kappa shape index (κ1) is 28.5. The minimum absolute atomic E-state index is 0.168. The maximum Gasteiger partial charge on any atom is 0.261 e. The molecule has 0 aromatic heterocycles. The standard InChI is InChI=1S/C30H34Cl2N2O3/c1-20-10-9-13-27(21(20)2)37-19-28(35)34(18-23-14-15-24(31)25(32)16-23)26(29(36)33-30(3,4)5)17-22-11-7-6-8-12-22/h6-16,26H,17-19H2,1-5H3,(H,33,36)/t26-/m0/s1. The van der Waals surface area contributed by atoms with Crippen LogP contribution in [0.1, 0.15) is 43.0 Å². The van der Waals surface area contributed by atoms with Crippen LogP contribution >= 0.6 is 23.2 Å². The Balaban J connectivity index is 1.97. The maximum absolute atomic E-state index is 13.7. The van der Waals surface area contributed by atoms with Gasteiger partial charge in [0.2, 0.25) is 5.91 Å². The minimum Gasteiger partial charge on any atom is -0.483 e. The van der Waals surface area contributed by atoms with Gasteiger partial charge in [0.15, 0.2) is 6.61 Å². The van der Waals surface area contributed by atoms with Crippen LogP contribution in [0.15, 0.2) is 66.7 Å². The van der Waals surface area contributed by atoms with Crippen molar-refractivity contribution in [1.29, 1.82) is 0 Å². The summed E-state index contributed by atoms with van der Waals surface area (Å²) in [6.45, 7) is 9.66. The first-order chi connectivity index (χ1) is 17.4. The molecule has 5 nitrogen and oxygen atoms in total. The van der Waals surface area contributed by atoms with Crippen molar-refractivity contribution in [3.8, 4) is 5.75 Å². The van der Waals surface area contributed by atoms with Gasteiger partial charge < -0.3 is 15.0 Å². The highest BCUT2D eigenvalue weighted by Crippen LogP contribution is 2.25. The summed E-state index contributed by atoms with van der Waals surface area (Å²) in [5.41, 5.74) is 3.27. The Kier molecular flexibility index (Phi) is 9.63. The number of hydrogen-bond donors (Lipinski definition) is 1. The summed E-state index contributed by atoms with van der Waals surface area (Å²) < 4.78 is 5.95. The Hall–Kier alpha value is -3.02. The average Bonchev–Trinajstić information content (AvgIpc) is 2.83. The van der Waals surface area contributed by atoms with E-state index in [2.05, 4.69) is 5.32 Å². The second kappa shape index (κ2) is 12.5. The van der Waals surface area contributed by atoms with Crippen molar-refractivity contribution in [3.63, 3.8) is 0 Å². The fourth-order valence-electron chi connectivity index (χ4n) is 3.94. The molecule has 1 N–H and O–H groups in total. The van der Waals surface area contributed by atoms with E-state index in [0.717, 1.165) is 22.3 Å². The van der Waals surface area contributed by atoms with Crippen molar-refractivity contribution in [2.75, 3.05) is 6.61 Å². The number of nitrogens with zero attached hydrogens (tertiary/aromatic N) is 1. The van der Waals surface area contributed by atoms with E-state index in [1.807, 2.05) is 83.1 Å². The first-order valence-corrected chi connectivity index (χ1v) is 13.0. The molecule has 0 aliphatic rings. The van der Waals surface area contributed by atoms with Crippen LogP contribution in [0, 0.1) is 13.8 Å². The van der Waals surface area contributed by atoms with Gasteiger partial charge in [0.25, 0.3) is 5.91 Å². The van der Waals surface area contributed by atoms with E-state index in [1.54, 1.807) is 23.1 Å². The molecular weight excluding hydrogens is 507 g/mol. The molecule has 196 valence electrons. The second-order valence-corrected chi connectivity index (χ2v) is 11.0. The van der Waals surface area contributed by atoms with Gasteiger partial charge in [-0.25, -0.2) is 0 Å². The zero-order chi connectivity index (χ0) is 27.2. The van der Waals surface area contributed by atoms with Crippen molar-refractivity contribution in [3.05, 3.63) is 99.0 Å². The third-order valence-corrected chi connectivity index (χ3v) is 6.75. The predicted octanol–water partition coefficient (Wildman–Crippen LogP) is 6.54. The van der Waals surface area contributed by atoms with Crippen LogP contribution in [0.3, 0.4) is 0 Å². The molecule has 0 spiro atoms. The van der Waals surface area contributed by atoms with Crippen molar-refractivity contribution in [1.82, 2.24) is 10.2 Å². The number of benzene rings is 3. The van der Waals surface area contributed by atoms with Crippen molar-refractivity contribution < 1.29 is 14.3 Å². The number of carbonyl (C=O) groups is 2. The van der Waals surface area contributed by atoms with Crippen LogP contribution in [0.5, 0.6) is 5.75 Å². The molecule has 3 aromatic rings. The molecular formula is C30H34Cl2N2O3. The summed E-state index contributed by atoms with van der Waals surface area (Å²) in [5, 5.41) is 3.86. The molecule has 0 unspecified atom stereocenters. The summed E-state index contributed by atoms with van der Waals surface area (Å²) in [6, 6.07) is 19.8. The normalized spacial score (nSPS) is 12.1. The van der Waals surface area contributed by atoms with Gasteiger partial charge in [-0.1, -0.05) is 71.7 Å². The third kappa shape index (κ3) is 8.24. The van der Waals surface area contributed by atoms with E-state index >= 15 is 0 Å². The van der Waals surface area contributed by atoms with Crippen LogP contribution in [0.4, 0.5) is 0 Å². The number of rotatable bonds is 9.